The van der Waals surface area contributed by atoms with Crippen LogP contribution in [-0.4, -0.2) is 65.4 Å². The summed E-state index contributed by atoms with van der Waals surface area (Å²) in [5.74, 6) is -2.17. The number of carbonyl (C=O) groups is 3. The predicted molar refractivity (Wildman–Crippen MR) is 174 cm³/mol. The van der Waals surface area contributed by atoms with Crippen molar-refractivity contribution in [3.63, 3.8) is 0 Å². The molecular formula is C36H39F2N5O5. The van der Waals surface area contributed by atoms with Gasteiger partial charge in [0.1, 0.15) is 41.7 Å². The first-order chi connectivity index (χ1) is 22.8. The number of primary amides is 1. The van der Waals surface area contributed by atoms with Crippen LogP contribution in [0.3, 0.4) is 0 Å². The number of esters is 1. The second-order valence-corrected chi connectivity index (χ2v) is 13.0. The van der Waals surface area contributed by atoms with Crippen LogP contribution in [0.4, 0.5) is 14.5 Å². The van der Waals surface area contributed by atoms with Crippen LogP contribution < -0.4 is 15.4 Å². The minimum absolute atomic E-state index is 0.0187. The summed E-state index contributed by atoms with van der Waals surface area (Å²) in [5, 5.41) is 9.13. The maximum absolute atomic E-state index is 15.2. The minimum Gasteiger partial charge on any atom is -0.488 e. The van der Waals surface area contributed by atoms with E-state index in [4.69, 9.17) is 20.5 Å². The second kappa shape index (κ2) is 14.4. The number of carbonyl (C=O) groups excluding carboxylic acids is 3. The Kier molecular flexibility index (Phi) is 10.3. The fraction of sp³-hybridized carbons (Fsp3) is 0.389. The van der Waals surface area contributed by atoms with E-state index in [-0.39, 0.29) is 31.6 Å². The Balaban J connectivity index is 1.17. The van der Waals surface area contributed by atoms with Crippen molar-refractivity contribution < 1.29 is 32.6 Å². The first kappa shape index (κ1) is 34.3. The molecule has 48 heavy (non-hydrogen) atoms. The van der Waals surface area contributed by atoms with Gasteiger partial charge in [-0.2, -0.15) is 5.26 Å². The van der Waals surface area contributed by atoms with Gasteiger partial charge in [-0.15, -0.1) is 0 Å². The van der Waals surface area contributed by atoms with E-state index in [0.717, 1.165) is 24.3 Å². The molecule has 0 unspecified atom stereocenters. The molecule has 0 spiro atoms. The average Bonchev–Trinajstić information content (AvgIpc) is 3.36. The van der Waals surface area contributed by atoms with E-state index in [1.54, 1.807) is 57.2 Å². The van der Waals surface area contributed by atoms with Crippen LogP contribution in [0.15, 0.2) is 54.6 Å². The standard InChI is InChI=1S/C36H39F2N5O5/c1-36(2,3)48-33(44)12-11-31(34(40)45)43-21-28-27(35(43)46)5-4-6-32(28)47-22-24-8-7-23(17-30(24)38)20-41-13-15-42(16-14-41)26-9-10-29(37)25(18-26)19-39/h4-10,17-18,31H,11-16,20-22H2,1-3H3,(H2,40,45)/t31-/m0/s1. The molecule has 3 aromatic rings. The molecule has 2 heterocycles. The third kappa shape index (κ3) is 8.09. The first-order valence-corrected chi connectivity index (χ1v) is 15.8. The van der Waals surface area contributed by atoms with E-state index in [9.17, 15) is 18.8 Å². The zero-order valence-corrected chi connectivity index (χ0v) is 27.3. The summed E-state index contributed by atoms with van der Waals surface area (Å²) < 4.78 is 40.3. The van der Waals surface area contributed by atoms with Crippen molar-refractivity contribution >= 4 is 23.5 Å². The zero-order chi connectivity index (χ0) is 34.6. The lowest BCUT2D eigenvalue weighted by molar-refractivity contribution is -0.155. The van der Waals surface area contributed by atoms with Crippen LogP contribution in [0.2, 0.25) is 0 Å². The van der Waals surface area contributed by atoms with E-state index in [0.29, 0.717) is 42.1 Å². The SMILES string of the molecule is CC(C)(C)OC(=O)CC[C@@H](C(N)=O)N1Cc2c(OCc3ccc(CN4CCN(c5ccc(F)c(C#N)c5)CC4)cc3F)cccc2C1=O. The Morgan fingerprint density at radius 2 is 1.77 bits per heavy atom. The van der Waals surface area contributed by atoms with Gasteiger partial charge in [-0.05, 0) is 69.2 Å². The van der Waals surface area contributed by atoms with Gasteiger partial charge < -0.3 is 25.0 Å². The lowest BCUT2D eigenvalue weighted by atomic mass is 10.1. The molecule has 3 aromatic carbocycles. The fourth-order valence-electron chi connectivity index (χ4n) is 5.99. The molecule has 0 bridgehead atoms. The number of anilines is 1. The number of piperazine rings is 1. The lowest BCUT2D eigenvalue weighted by Crippen LogP contribution is -2.46. The van der Waals surface area contributed by atoms with Gasteiger partial charge in [-0.1, -0.05) is 18.2 Å². The van der Waals surface area contributed by atoms with Crippen LogP contribution >= 0.6 is 0 Å². The Morgan fingerprint density at radius 3 is 2.44 bits per heavy atom. The van der Waals surface area contributed by atoms with Gasteiger partial charge in [0.2, 0.25) is 5.91 Å². The van der Waals surface area contributed by atoms with Crippen molar-refractivity contribution in [2.24, 2.45) is 5.73 Å². The number of nitrogens with two attached hydrogens (primary N) is 1. The molecule has 252 valence electrons. The zero-order valence-electron chi connectivity index (χ0n) is 27.3. The van der Waals surface area contributed by atoms with Gasteiger partial charge in [0.25, 0.3) is 5.91 Å². The molecule has 2 amide bonds. The number of hydrogen-bond donors (Lipinski definition) is 1. The number of nitrogens with zero attached hydrogens (tertiary/aromatic N) is 4. The predicted octanol–water partition coefficient (Wildman–Crippen LogP) is 4.67. The van der Waals surface area contributed by atoms with Crippen molar-refractivity contribution in [3.05, 3.63) is 94.0 Å². The molecule has 2 aliphatic rings. The summed E-state index contributed by atoms with van der Waals surface area (Å²) in [6.45, 7) is 8.59. The molecule has 0 aromatic heterocycles. The molecule has 0 saturated carbocycles. The number of halogens is 2. The lowest BCUT2D eigenvalue weighted by Gasteiger charge is -2.36. The third-order valence-corrected chi connectivity index (χ3v) is 8.41. The quantitative estimate of drug-likeness (QED) is 0.294. The van der Waals surface area contributed by atoms with Gasteiger partial charge in [0.05, 0.1) is 12.1 Å². The molecule has 0 aliphatic carbocycles. The van der Waals surface area contributed by atoms with Gasteiger partial charge in [-0.3, -0.25) is 19.3 Å². The van der Waals surface area contributed by atoms with Crippen molar-refractivity contribution in [2.75, 3.05) is 31.1 Å². The van der Waals surface area contributed by atoms with Gasteiger partial charge in [-0.25, -0.2) is 8.78 Å². The monoisotopic (exact) mass is 659 g/mol. The third-order valence-electron chi connectivity index (χ3n) is 8.41. The number of nitriles is 1. The molecule has 0 radical (unpaired) electrons. The molecule has 5 rings (SSSR count). The van der Waals surface area contributed by atoms with E-state index in [1.165, 1.54) is 17.0 Å². The molecule has 1 atom stereocenters. The summed E-state index contributed by atoms with van der Waals surface area (Å²) in [7, 11) is 0. The van der Waals surface area contributed by atoms with Crippen molar-refractivity contribution in [3.8, 4) is 11.8 Å². The van der Waals surface area contributed by atoms with E-state index >= 15 is 4.39 Å². The minimum atomic E-state index is -1.02. The summed E-state index contributed by atoms with van der Waals surface area (Å²) >= 11 is 0. The van der Waals surface area contributed by atoms with Crippen LogP contribution in [0.5, 0.6) is 5.75 Å². The van der Waals surface area contributed by atoms with Crippen molar-refractivity contribution in [2.45, 2.75) is 65.0 Å². The highest BCUT2D eigenvalue weighted by atomic mass is 19.1. The molecule has 10 nitrogen and oxygen atoms in total. The smallest absolute Gasteiger partial charge is 0.306 e. The summed E-state index contributed by atoms with van der Waals surface area (Å²) in [5.41, 5.74) is 7.86. The second-order valence-electron chi connectivity index (χ2n) is 13.0. The number of ether oxygens (including phenoxy) is 2. The first-order valence-electron chi connectivity index (χ1n) is 15.8. The number of rotatable bonds is 11. The highest BCUT2D eigenvalue weighted by molar-refractivity contribution is 6.01. The number of benzene rings is 3. The maximum Gasteiger partial charge on any atom is 0.306 e. The van der Waals surface area contributed by atoms with E-state index < -0.39 is 41.1 Å². The topological polar surface area (TPSA) is 129 Å². The van der Waals surface area contributed by atoms with Crippen molar-refractivity contribution in [1.82, 2.24) is 9.80 Å². The Hall–Kier alpha value is -5.02. The highest BCUT2D eigenvalue weighted by Crippen LogP contribution is 2.34. The van der Waals surface area contributed by atoms with Gasteiger partial charge in [0.15, 0.2) is 0 Å². The molecule has 2 N–H and O–H groups in total. The van der Waals surface area contributed by atoms with Crippen LogP contribution in [0.25, 0.3) is 0 Å². The Bertz CT molecular complexity index is 1740. The summed E-state index contributed by atoms with van der Waals surface area (Å²) in [6.07, 6.45) is -0.0647. The van der Waals surface area contributed by atoms with E-state index in [1.807, 2.05) is 12.1 Å². The van der Waals surface area contributed by atoms with Gasteiger partial charge in [0, 0.05) is 61.5 Å². The Morgan fingerprint density at radius 1 is 1.02 bits per heavy atom. The molecule has 1 fully saturated rings. The number of amides is 2. The van der Waals surface area contributed by atoms with Crippen LogP contribution in [0, 0.1) is 23.0 Å². The molecule has 1 saturated heterocycles. The highest BCUT2D eigenvalue weighted by Gasteiger charge is 2.37. The number of fused-ring (bicyclic) bond motifs is 1. The molecule has 12 heteroatoms. The van der Waals surface area contributed by atoms with E-state index in [2.05, 4.69) is 9.80 Å². The molecule has 2 aliphatic heterocycles. The number of hydrogen-bond acceptors (Lipinski definition) is 8. The Labute approximate surface area is 278 Å². The summed E-state index contributed by atoms with van der Waals surface area (Å²) in [6, 6.07) is 15.4. The maximum atomic E-state index is 15.2. The molecular weight excluding hydrogens is 620 g/mol. The van der Waals surface area contributed by atoms with Crippen LogP contribution in [0.1, 0.15) is 66.2 Å². The van der Waals surface area contributed by atoms with Crippen molar-refractivity contribution in [1.29, 1.82) is 5.26 Å². The van der Waals surface area contributed by atoms with Crippen LogP contribution in [-0.2, 0) is 34.0 Å². The largest absolute Gasteiger partial charge is 0.488 e. The average molecular weight is 660 g/mol. The normalized spacial score (nSPS) is 15.5. The van der Waals surface area contributed by atoms with Gasteiger partial charge >= 0.3 is 5.97 Å². The fourth-order valence-corrected chi connectivity index (χ4v) is 5.99. The summed E-state index contributed by atoms with van der Waals surface area (Å²) in [4.78, 5) is 43.5.